The van der Waals surface area contributed by atoms with E-state index in [0.717, 1.165) is 16.8 Å². The fraction of sp³-hybridized carbons (Fsp3) is 0.522. The number of phosphoric acid groups is 1. The van der Waals surface area contributed by atoms with Gasteiger partial charge in [-0.25, -0.2) is 4.57 Å². The Morgan fingerprint density at radius 2 is 1.91 bits per heavy atom. The Hall–Kier alpha value is -2.90. The third-order valence-corrected chi connectivity index (χ3v) is 6.29. The number of hydrogen-bond donors (Lipinski definition) is 5. The highest BCUT2D eigenvalue weighted by Crippen LogP contribution is 2.42. The average molecular weight is 509 g/mol. The number of carbonyl (C=O) groups excluding carboxylic acids is 3. The number of fused-ring (bicyclic) bond motifs is 1. The number of phosphoric ester groups is 1. The lowest BCUT2D eigenvalue weighted by atomic mass is 9.97. The van der Waals surface area contributed by atoms with Crippen molar-refractivity contribution in [1.29, 1.82) is 0 Å². The fourth-order valence-electron chi connectivity index (χ4n) is 3.26. The fourth-order valence-corrected chi connectivity index (χ4v) is 3.98. The molecule has 1 aliphatic carbocycles. The molecule has 2 rings (SSSR count). The van der Waals surface area contributed by atoms with Crippen LogP contribution in [0.2, 0.25) is 0 Å². The molecule has 1 aromatic heterocycles. The van der Waals surface area contributed by atoms with Crippen LogP contribution in [-0.4, -0.2) is 59.9 Å². The molecule has 5 N–H and O–H groups in total. The van der Waals surface area contributed by atoms with E-state index in [2.05, 4.69) is 32.8 Å². The normalized spacial score (nSPS) is 15.4. The van der Waals surface area contributed by atoms with Crippen LogP contribution in [0, 0.1) is 17.8 Å². The van der Waals surface area contributed by atoms with Crippen molar-refractivity contribution in [3.05, 3.63) is 29.1 Å². The van der Waals surface area contributed by atoms with Gasteiger partial charge in [0.1, 0.15) is 6.04 Å². The van der Waals surface area contributed by atoms with Gasteiger partial charge in [-0.15, -0.1) is 0 Å². The molecule has 0 saturated carbocycles. The number of allylic oxidation sites excluding steroid dienone is 1. The minimum atomic E-state index is -4.32. The Kier molecular flexibility index (Phi) is 11.2. The smallest absolute Gasteiger partial charge is 0.354 e. The first-order valence-electron chi connectivity index (χ1n) is 11.4. The highest BCUT2D eigenvalue weighted by Gasteiger charge is 2.27. The van der Waals surface area contributed by atoms with Crippen molar-refractivity contribution in [2.75, 3.05) is 26.3 Å². The number of H-pyrrole nitrogens is 1. The number of amides is 3. The van der Waals surface area contributed by atoms with Crippen LogP contribution in [0.15, 0.2) is 12.3 Å². The summed E-state index contributed by atoms with van der Waals surface area (Å²) in [5.74, 6) is 4.87. The van der Waals surface area contributed by atoms with Crippen LogP contribution in [-0.2, 0) is 34.4 Å². The van der Waals surface area contributed by atoms with Crippen LogP contribution < -0.4 is 16.0 Å². The molecule has 0 spiro atoms. The van der Waals surface area contributed by atoms with E-state index in [1.807, 2.05) is 26.0 Å². The molecule has 1 aliphatic rings. The van der Waals surface area contributed by atoms with Crippen LogP contribution in [0.25, 0.3) is 6.08 Å². The SMILES string of the molecule is CC[C@H](C)[C@H](NC(=O)Cc1c[nH]c2c1C=CCC#C2)C(=O)NCCOP(=O)(O)OCCNC(C)=O. The molecule has 1 unspecified atom stereocenters. The van der Waals surface area contributed by atoms with Crippen molar-refractivity contribution in [3.8, 4) is 11.8 Å². The van der Waals surface area contributed by atoms with Gasteiger partial charge in [0.25, 0.3) is 0 Å². The second kappa shape index (κ2) is 13.9. The number of rotatable bonds is 14. The van der Waals surface area contributed by atoms with Gasteiger partial charge in [-0.1, -0.05) is 38.3 Å². The van der Waals surface area contributed by atoms with Gasteiger partial charge in [0, 0.05) is 38.2 Å². The molecule has 3 atom stereocenters. The zero-order valence-electron chi connectivity index (χ0n) is 20.2. The van der Waals surface area contributed by atoms with E-state index in [-0.39, 0.29) is 50.5 Å². The van der Waals surface area contributed by atoms with Gasteiger partial charge < -0.3 is 25.8 Å². The third-order valence-electron chi connectivity index (χ3n) is 5.27. The first-order valence-corrected chi connectivity index (χ1v) is 12.9. The molecule has 1 aromatic rings. The predicted molar refractivity (Wildman–Crippen MR) is 130 cm³/mol. The zero-order valence-corrected chi connectivity index (χ0v) is 21.1. The lowest BCUT2D eigenvalue weighted by molar-refractivity contribution is -0.130. The van der Waals surface area contributed by atoms with Crippen LogP contribution in [0.3, 0.4) is 0 Å². The lowest BCUT2D eigenvalue weighted by Crippen LogP contribution is -2.51. The van der Waals surface area contributed by atoms with Crippen molar-refractivity contribution in [2.45, 2.75) is 46.1 Å². The van der Waals surface area contributed by atoms with Crippen molar-refractivity contribution in [1.82, 2.24) is 20.9 Å². The van der Waals surface area contributed by atoms with Gasteiger partial charge in [-0.3, -0.25) is 23.4 Å². The number of hydrogen-bond acceptors (Lipinski definition) is 6. The largest absolute Gasteiger partial charge is 0.472 e. The summed E-state index contributed by atoms with van der Waals surface area (Å²) in [5.41, 5.74) is 2.43. The molecule has 0 bridgehead atoms. The molecule has 0 aliphatic heterocycles. The molecule has 0 aromatic carbocycles. The number of nitrogens with one attached hydrogen (secondary N) is 4. The number of aromatic amines is 1. The summed E-state index contributed by atoms with van der Waals surface area (Å²) in [4.78, 5) is 49.0. The van der Waals surface area contributed by atoms with Crippen molar-refractivity contribution >= 4 is 31.6 Å². The highest BCUT2D eigenvalue weighted by atomic mass is 31.2. The van der Waals surface area contributed by atoms with Crippen LogP contribution in [0.1, 0.15) is 50.4 Å². The van der Waals surface area contributed by atoms with E-state index in [0.29, 0.717) is 12.8 Å². The maximum atomic E-state index is 12.7. The molecule has 0 fully saturated rings. The van der Waals surface area contributed by atoms with Crippen LogP contribution >= 0.6 is 7.82 Å². The summed E-state index contributed by atoms with van der Waals surface area (Å²) in [7, 11) is -4.32. The van der Waals surface area contributed by atoms with E-state index >= 15 is 0 Å². The van der Waals surface area contributed by atoms with Crippen LogP contribution in [0.5, 0.6) is 0 Å². The first-order chi connectivity index (χ1) is 16.6. The summed E-state index contributed by atoms with van der Waals surface area (Å²) < 4.78 is 21.4. The number of aromatic nitrogens is 1. The Bertz CT molecular complexity index is 1040. The maximum absolute atomic E-state index is 12.7. The first kappa shape index (κ1) is 28.3. The Labute approximate surface area is 205 Å². The van der Waals surface area contributed by atoms with Crippen molar-refractivity contribution in [3.63, 3.8) is 0 Å². The standard InChI is InChI=1S/C23H33N4O7P/c1-4-16(2)22(23(30)25-11-13-34-35(31,32)33-12-10-24-17(3)28)27-21(29)14-18-15-26-20-9-7-5-6-8-19(18)20/h6,8,15-16,22,26H,4-5,10-14H2,1-3H3,(H,24,28)(H,25,30)(H,27,29)(H,31,32)/t16-,22-/m0/s1. The van der Waals surface area contributed by atoms with Crippen LogP contribution in [0.4, 0.5) is 0 Å². The molecule has 1 heterocycles. The molecular weight excluding hydrogens is 475 g/mol. The van der Waals surface area contributed by atoms with Gasteiger partial charge in [0.2, 0.25) is 17.7 Å². The topological polar surface area (TPSA) is 159 Å². The van der Waals surface area contributed by atoms with E-state index in [9.17, 15) is 23.8 Å². The molecule has 35 heavy (non-hydrogen) atoms. The molecule has 0 radical (unpaired) electrons. The second-order valence-corrected chi connectivity index (χ2v) is 9.48. The molecule has 3 amide bonds. The average Bonchev–Trinajstić information content (AvgIpc) is 3.02. The molecular formula is C23H33N4O7P. The highest BCUT2D eigenvalue weighted by molar-refractivity contribution is 7.47. The Balaban J connectivity index is 1.84. The molecule has 12 heteroatoms. The lowest BCUT2D eigenvalue weighted by Gasteiger charge is -2.23. The summed E-state index contributed by atoms with van der Waals surface area (Å²) in [6, 6.07) is -0.782. The molecule has 11 nitrogen and oxygen atoms in total. The number of carbonyl (C=O) groups is 3. The van der Waals surface area contributed by atoms with Gasteiger partial charge in [0.05, 0.1) is 25.3 Å². The van der Waals surface area contributed by atoms with Gasteiger partial charge in [-0.05, 0) is 17.4 Å². The van der Waals surface area contributed by atoms with Crippen molar-refractivity contribution < 1.29 is 32.9 Å². The summed E-state index contributed by atoms with van der Waals surface area (Å²) >= 11 is 0. The van der Waals surface area contributed by atoms with E-state index in [4.69, 9.17) is 9.05 Å². The van der Waals surface area contributed by atoms with E-state index in [1.165, 1.54) is 6.92 Å². The summed E-state index contributed by atoms with van der Waals surface area (Å²) in [6.07, 6.45) is 6.98. The quantitative estimate of drug-likeness (QED) is 0.144. The molecule has 0 saturated heterocycles. The van der Waals surface area contributed by atoms with E-state index in [1.54, 1.807) is 6.20 Å². The predicted octanol–water partition coefficient (Wildman–Crippen LogP) is 1.24. The summed E-state index contributed by atoms with van der Waals surface area (Å²) in [6.45, 7) is 4.61. The zero-order chi connectivity index (χ0) is 25.8. The van der Waals surface area contributed by atoms with Gasteiger partial charge in [0.15, 0.2) is 0 Å². The van der Waals surface area contributed by atoms with Gasteiger partial charge >= 0.3 is 7.82 Å². The summed E-state index contributed by atoms with van der Waals surface area (Å²) in [5, 5.41) is 7.84. The Morgan fingerprint density at radius 3 is 2.57 bits per heavy atom. The molecule has 192 valence electrons. The van der Waals surface area contributed by atoms with Crippen molar-refractivity contribution in [2.24, 2.45) is 5.92 Å². The van der Waals surface area contributed by atoms with E-state index < -0.39 is 19.8 Å². The second-order valence-electron chi connectivity index (χ2n) is 8.03. The van der Waals surface area contributed by atoms with Gasteiger partial charge in [-0.2, -0.15) is 0 Å². The Morgan fingerprint density at radius 1 is 1.23 bits per heavy atom. The minimum Gasteiger partial charge on any atom is -0.354 e. The maximum Gasteiger partial charge on any atom is 0.472 e. The minimum absolute atomic E-state index is 0.0595. The third kappa shape index (κ3) is 9.70. The monoisotopic (exact) mass is 508 g/mol.